The lowest BCUT2D eigenvalue weighted by atomic mass is 9.81. The molecule has 2 heterocycles. The Morgan fingerprint density at radius 2 is 1.80 bits per heavy atom. The molecule has 0 fully saturated rings. The summed E-state index contributed by atoms with van der Waals surface area (Å²) in [5.41, 5.74) is 4.76. The second-order valence-electron chi connectivity index (χ2n) is 8.94. The third-order valence-corrected chi connectivity index (χ3v) is 6.05. The molecule has 0 bridgehead atoms. The Kier molecular flexibility index (Phi) is 5.18. The van der Waals surface area contributed by atoms with Crippen LogP contribution in [0.25, 0.3) is 11.0 Å². The molecule has 6 nitrogen and oxygen atoms in total. The average molecular weight is 408 g/mol. The highest BCUT2D eigenvalue weighted by molar-refractivity contribution is 5.97. The van der Waals surface area contributed by atoms with Gasteiger partial charge in [0.25, 0.3) is 5.91 Å². The topological polar surface area (TPSA) is 67.5 Å². The van der Waals surface area contributed by atoms with Gasteiger partial charge in [-0.3, -0.25) is 4.79 Å². The number of fused-ring (bicyclic) bond motifs is 2. The van der Waals surface area contributed by atoms with Crippen LogP contribution in [0.3, 0.4) is 0 Å². The molecule has 3 aromatic rings. The largest absolute Gasteiger partial charge is 0.493 e. The van der Waals surface area contributed by atoms with Crippen molar-refractivity contribution in [3.63, 3.8) is 0 Å². The van der Waals surface area contributed by atoms with Crippen molar-refractivity contribution >= 4 is 16.9 Å². The fourth-order valence-electron chi connectivity index (χ4n) is 4.35. The van der Waals surface area contributed by atoms with E-state index in [9.17, 15) is 4.79 Å². The summed E-state index contributed by atoms with van der Waals surface area (Å²) in [6.45, 7) is 7.25. The standard InChI is InChI=1S/C24H29N3O3/c1-24(2,3)22-13-17-12-21(30-5)20(29-4)11-15(17)8-9-27(22)23(28)16-6-7-18-19(10-16)26-14-25-18/h6-7,10-12,14,22H,8-9,13H2,1-5H3,(H,25,26). The Labute approximate surface area is 177 Å². The van der Waals surface area contributed by atoms with E-state index in [1.165, 1.54) is 11.1 Å². The van der Waals surface area contributed by atoms with Gasteiger partial charge in [-0.05, 0) is 59.7 Å². The number of rotatable bonds is 3. The molecule has 2 aromatic carbocycles. The van der Waals surface area contributed by atoms with Crippen LogP contribution in [0.4, 0.5) is 0 Å². The number of nitrogens with one attached hydrogen (secondary N) is 1. The van der Waals surface area contributed by atoms with Crippen molar-refractivity contribution in [2.75, 3.05) is 20.8 Å². The molecule has 0 saturated heterocycles. The van der Waals surface area contributed by atoms with Gasteiger partial charge in [0.15, 0.2) is 11.5 Å². The van der Waals surface area contributed by atoms with E-state index < -0.39 is 0 Å². The first-order valence-corrected chi connectivity index (χ1v) is 10.3. The van der Waals surface area contributed by atoms with E-state index in [1.54, 1.807) is 20.5 Å². The van der Waals surface area contributed by atoms with Gasteiger partial charge in [0, 0.05) is 18.2 Å². The lowest BCUT2D eigenvalue weighted by molar-refractivity contribution is 0.0532. The maximum absolute atomic E-state index is 13.6. The third-order valence-electron chi connectivity index (χ3n) is 6.05. The maximum Gasteiger partial charge on any atom is 0.254 e. The van der Waals surface area contributed by atoms with E-state index >= 15 is 0 Å². The number of imidazole rings is 1. The molecule has 0 saturated carbocycles. The monoisotopic (exact) mass is 407 g/mol. The summed E-state index contributed by atoms with van der Waals surface area (Å²) >= 11 is 0. The fourth-order valence-corrected chi connectivity index (χ4v) is 4.35. The molecule has 1 N–H and O–H groups in total. The number of methoxy groups -OCH3 is 2. The molecular weight excluding hydrogens is 378 g/mol. The second-order valence-corrected chi connectivity index (χ2v) is 8.94. The molecule has 1 amide bonds. The van der Waals surface area contributed by atoms with Gasteiger partial charge in [0.2, 0.25) is 0 Å². The predicted molar refractivity (Wildman–Crippen MR) is 117 cm³/mol. The van der Waals surface area contributed by atoms with E-state index in [-0.39, 0.29) is 17.4 Å². The molecule has 30 heavy (non-hydrogen) atoms. The van der Waals surface area contributed by atoms with Crippen molar-refractivity contribution in [2.24, 2.45) is 5.41 Å². The summed E-state index contributed by atoms with van der Waals surface area (Å²) in [7, 11) is 3.31. The summed E-state index contributed by atoms with van der Waals surface area (Å²) in [5, 5.41) is 0. The quantitative estimate of drug-likeness (QED) is 0.705. The Morgan fingerprint density at radius 1 is 1.10 bits per heavy atom. The molecule has 1 unspecified atom stereocenters. The minimum absolute atomic E-state index is 0.0539. The smallest absolute Gasteiger partial charge is 0.254 e. The van der Waals surface area contributed by atoms with Gasteiger partial charge in [0.05, 0.1) is 31.6 Å². The molecule has 6 heteroatoms. The summed E-state index contributed by atoms with van der Waals surface area (Å²) < 4.78 is 11.0. The van der Waals surface area contributed by atoms with E-state index in [4.69, 9.17) is 9.47 Å². The summed E-state index contributed by atoms with van der Waals surface area (Å²) in [5.74, 6) is 1.51. The third kappa shape index (κ3) is 3.62. The van der Waals surface area contributed by atoms with E-state index in [2.05, 4.69) is 42.9 Å². The average Bonchev–Trinajstić information content (AvgIpc) is 3.11. The van der Waals surface area contributed by atoms with Gasteiger partial charge in [-0.2, -0.15) is 0 Å². The first kappa shape index (κ1) is 20.3. The van der Waals surface area contributed by atoms with Crippen molar-refractivity contribution in [1.29, 1.82) is 0 Å². The van der Waals surface area contributed by atoms with Gasteiger partial charge >= 0.3 is 0 Å². The van der Waals surface area contributed by atoms with E-state index in [1.807, 2.05) is 23.1 Å². The van der Waals surface area contributed by atoms with Crippen LogP contribution >= 0.6 is 0 Å². The minimum atomic E-state index is -0.0808. The second kappa shape index (κ2) is 7.67. The van der Waals surface area contributed by atoms with Gasteiger partial charge in [0.1, 0.15) is 0 Å². The zero-order valence-corrected chi connectivity index (χ0v) is 18.3. The van der Waals surface area contributed by atoms with Crippen LogP contribution in [0.1, 0.15) is 42.3 Å². The van der Waals surface area contributed by atoms with E-state index in [0.717, 1.165) is 35.4 Å². The molecule has 1 aliphatic rings. The van der Waals surface area contributed by atoms with Crippen molar-refractivity contribution in [3.05, 3.63) is 53.3 Å². The van der Waals surface area contributed by atoms with E-state index in [0.29, 0.717) is 12.1 Å². The zero-order valence-electron chi connectivity index (χ0n) is 18.3. The summed E-state index contributed by atoms with van der Waals surface area (Å²) in [4.78, 5) is 23.0. The lowest BCUT2D eigenvalue weighted by Gasteiger charge is -2.39. The molecular formula is C24H29N3O3. The number of carbonyl (C=O) groups excluding carboxylic acids is 1. The number of hydrogen-bond acceptors (Lipinski definition) is 4. The minimum Gasteiger partial charge on any atom is -0.493 e. The highest BCUT2D eigenvalue weighted by Crippen LogP contribution is 2.37. The SMILES string of the molecule is COc1cc2c(cc1OC)CC(C(C)(C)C)N(C(=O)c1ccc3nc[nH]c3c1)CC2. The predicted octanol–water partition coefficient (Wildman–Crippen LogP) is 4.24. The first-order chi connectivity index (χ1) is 14.3. The molecule has 0 radical (unpaired) electrons. The number of aromatic amines is 1. The first-order valence-electron chi connectivity index (χ1n) is 10.3. The Hall–Kier alpha value is -3.02. The molecule has 158 valence electrons. The number of carbonyl (C=O) groups is 1. The van der Waals surface area contributed by atoms with Gasteiger partial charge in [-0.1, -0.05) is 20.8 Å². The maximum atomic E-state index is 13.6. The molecule has 1 aliphatic heterocycles. The van der Waals surface area contributed by atoms with Crippen LogP contribution in [0.15, 0.2) is 36.7 Å². The fraction of sp³-hybridized carbons (Fsp3) is 0.417. The highest BCUT2D eigenvalue weighted by atomic mass is 16.5. The number of hydrogen-bond donors (Lipinski definition) is 1. The molecule has 0 aliphatic carbocycles. The van der Waals surface area contributed by atoms with Crippen LogP contribution in [0.5, 0.6) is 11.5 Å². The van der Waals surface area contributed by atoms with Crippen molar-refractivity contribution in [3.8, 4) is 11.5 Å². The number of ether oxygens (including phenoxy) is 2. The molecule has 4 rings (SSSR count). The van der Waals surface area contributed by atoms with Crippen LogP contribution in [0.2, 0.25) is 0 Å². The van der Waals surface area contributed by atoms with Crippen molar-refractivity contribution in [2.45, 2.75) is 39.7 Å². The Balaban J connectivity index is 1.72. The summed E-state index contributed by atoms with van der Waals surface area (Å²) in [6.07, 6.45) is 3.21. The van der Waals surface area contributed by atoms with Crippen LogP contribution < -0.4 is 9.47 Å². The van der Waals surface area contributed by atoms with Crippen molar-refractivity contribution < 1.29 is 14.3 Å². The molecule has 0 spiro atoms. The number of amides is 1. The molecule has 1 aromatic heterocycles. The highest BCUT2D eigenvalue weighted by Gasteiger charge is 2.36. The number of benzene rings is 2. The van der Waals surface area contributed by atoms with Gasteiger partial charge < -0.3 is 19.4 Å². The van der Waals surface area contributed by atoms with Gasteiger partial charge in [-0.25, -0.2) is 4.98 Å². The zero-order chi connectivity index (χ0) is 21.5. The van der Waals surface area contributed by atoms with Crippen LogP contribution in [-0.2, 0) is 12.8 Å². The lowest BCUT2D eigenvalue weighted by Crippen LogP contribution is -2.48. The number of H-pyrrole nitrogens is 1. The van der Waals surface area contributed by atoms with Crippen molar-refractivity contribution in [1.82, 2.24) is 14.9 Å². The summed E-state index contributed by atoms with van der Waals surface area (Å²) in [6, 6.07) is 9.84. The Bertz CT molecular complexity index is 1080. The number of nitrogens with zero attached hydrogens (tertiary/aromatic N) is 2. The van der Waals surface area contributed by atoms with Gasteiger partial charge in [-0.15, -0.1) is 0 Å². The number of aromatic nitrogens is 2. The van der Waals surface area contributed by atoms with Crippen LogP contribution in [0, 0.1) is 5.41 Å². The molecule has 1 atom stereocenters. The van der Waals surface area contributed by atoms with Crippen LogP contribution in [-0.4, -0.2) is 47.6 Å². The normalized spacial score (nSPS) is 16.8. The Morgan fingerprint density at radius 3 is 2.47 bits per heavy atom.